The van der Waals surface area contributed by atoms with E-state index in [2.05, 4.69) is 15.0 Å². The molecule has 204 valence electrons. The summed E-state index contributed by atoms with van der Waals surface area (Å²) in [6.07, 6.45) is -2.04. The van der Waals surface area contributed by atoms with E-state index in [0.717, 1.165) is 29.5 Å². The van der Waals surface area contributed by atoms with Gasteiger partial charge in [0.15, 0.2) is 0 Å². The summed E-state index contributed by atoms with van der Waals surface area (Å²) >= 11 is 0. The van der Waals surface area contributed by atoms with Gasteiger partial charge in [0, 0.05) is 13.2 Å². The van der Waals surface area contributed by atoms with E-state index < -0.39 is 53.0 Å². The molecule has 1 N–H and O–H groups in total. The monoisotopic (exact) mass is 543 g/mol. The van der Waals surface area contributed by atoms with E-state index in [1.54, 1.807) is 36.1 Å². The lowest BCUT2D eigenvalue weighted by atomic mass is 10.0. The molecule has 10 nitrogen and oxygen atoms in total. The summed E-state index contributed by atoms with van der Waals surface area (Å²) < 4.78 is 48.6. The van der Waals surface area contributed by atoms with Gasteiger partial charge in [0.05, 0.1) is 42.3 Å². The number of carbonyl (C=O) groups is 2. The number of carbonyl (C=O) groups excluding carboxylic acids is 2. The van der Waals surface area contributed by atoms with Gasteiger partial charge in [-0.25, -0.2) is 14.6 Å². The van der Waals surface area contributed by atoms with Crippen molar-refractivity contribution >= 4 is 22.9 Å². The molecule has 0 aliphatic rings. The number of nitrogens with one attached hydrogen (secondary N) is 1. The number of alkyl halides is 3. The van der Waals surface area contributed by atoms with Gasteiger partial charge in [-0.1, -0.05) is 12.1 Å². The van der Waals surface area contributed by atoms with E-state index in [9.17, 15) is 32.3 Å². The maximum absolute atomic E-state index is 13.6. The van der Waals surface area contributed by atoms with Gasteiger partial charge in [-0.2, -0.15) is 13.2 Å². The van der Waals surface area contributed by atoms with Crippen molar-refractivity contribution in [1.29, 1.82) is 0 Å². The van der Waals surface area contributed by atoms with Crippen molar-refractivity contribution < 1.29 is 27.5 Å². The molecule has 0 saturated carbocycles. The zero-order chi connectivity index (χ0) is 28.6. The number of fused-ring (bicyclic) bond motifs is 1. The lowest BCUT2D eigenvalue weighted by Gasteiger charge is -2.17. The molecule has 0 aliphatic carbocycles. The summed E-state index contributed by atoms with van der Waals surface area (Å²) in [5, 5.41) is 2.34. The highest BCUT2D eigenvalue weighted by Crippen LogP contribution is 2.33. The summed E-state index contributed by atoms with van der Waals surface area (Å²) in [5.74, 6) is -1.74. The zero-order valence-electron chi connectivity index (χ0n) is 21.4. The zero-order valence-corrected chi connectivity index (χ0v) is 21.4. The van der Waals surface area contributed by atoms with Crippen LogP contribution < -0.4 is 16.6 Å². The molecule has 2 aromatic carbocycles. The number of esters is 1. The van der Waals surface area contributed by atoms with Crippen molar-refractivity contribution in [3.63, 3.8) is 0 Å². The largest absolute Gasteiger partial charge is 0.467 e. The first-order valence-electron chi connectivity index (χ1n) is 11.7. The van der Waals surface area contributed by atoms with Crippen LogP contribution in [0.2, 0.25) is 0 Å². The van der Waals surface area contributed by atoms with Crippen molar-refractivity contribution in [3.05, 3.63) is 92.0 Å². The van der Waals surface area contributed by atoms with Crippen molar-refractivity contribution in [2.24, 2.45) is 7.05 Å². The van der Waals surface area contributed by atoms with E-state index in [1.807, 2.05) is 0 Å². The molecule has 39 heavy (non-hydrogen) atoms. The Morgan fingerprint density at radius 3 is 2.54 bits per heavy atom. The normalized spacial score (nSPS) is 12.4. The second kappa shape index (κ2) is 10.2. The third-order valence-corrected chi connectivity index (χ3v) is 6.38. The van der Waals surface area contributed by atoms with Crippen LogP contribution in [-0.4, -0.2) is 43.7 Å². The van der Waals surface area contributed by atoms with Gasteiger partial charge in [-0.05, 0) is 49.2 Å². The number of hydrogen-bond donors (Lipinski definition) is 1. The second-order valence-corrected chi connectivity index (χ2v) is 8.92. The molecule has 4 rings (SSSR count). The van der Waals surface area contributed by atoms with Gasteiger partial charge in [-0.15, -0.1) is 0 Å². The van der Waals surface area contributed by atoms with Gasteiger partial charge >= 0.3 is 17.8 Å². The molecule has 2 aromatic heterocycles. The first-order chi connectivity index (χ1) is 18.3. The van der Waals surface area contributed by atoms with Crippen molar-refractivity contribution in [2.75, 3.05) is 7.11 Å². The molecule has 1 atom stereocenters. The Bertz CT molecular complexity index is 1720. The smallest absolute Gasteiger partial charge is 0.416 e. The fourth-order valence-electron chi connectivity index (χ4n) is 4.20. The number of rotatable bonds is 6. The highest BCUT2D eigenvalue weighted by Gasteiger charge is 2.33. The molecule has 2 heterocycles. The Kier molecular flexibility index (Phi) is 7.18. The van der Waals surface area contributed by atoms with Gasteiger partial charge < -0.3 is 14.6 Å². The number of nitrogens with zero attached hydrogens (tertiary/aromatic N) is 4. The fraction of sp³-hybridized carbons (Fsp3) is 0.269. The Morgan fingerprint density at radius 2 is 1.87 bits per heavy atom. The Morgan fingerprint density at radius 1 is 1.15 bits per heavy atom. The van der Waals surface area contributed by atoms with Crippen LogP contribution in [0.1, 0.15) is 34.0 Å². The lowest BCUT2D eigenvalue weighted by molar-refractivity contribution is -0.142. The summed E-state index contributed by atoms with van der Waals surface area (Å²) in [7, 11) is 2.91. The Labute approximate surface area is 219 Å². The van der Waals surface area contributed by atoms with Gasteiger partial charge in [-0.3, -0.25) is 18.7 Å². The average molecular weight is 544 g/mol. The molecule has 0 radical (unpaired) electrons. The number of aromatic nitrogens is 4. The quantitative estimate of drug-likeness (QED) is 0.374. The summed E-state index contributed by atoms with van der Waals surface area (Å²) in [5.41, 5.74) is -1.89. The number of aryl methyl sites for hydroxylation is 1. The highest BCUT2D eigenvalue weighted by atomic mass is 19.4. The minimum Gasteiger partial charge on any atom is -0.467 e. The van der Waals surface area contributed by atoms with E-state index in [0.29, 0.717) is 10.1 Å². The predicted octanol–water partition coefficient (Wildman–Crippen LogP) is 2.55. The van der Waals surface area contributed by atoms with Crippen molar-refractivity contribution in [2.45, 2.75) is 32.6 Å². The number of imidazole rings is 1. The molecular weight excluding hydrogens is 519 g/mol. The van der Waals surface area contributed by atoms with Gasteiger partial charge in [0.2, 0.25) is 0 Å². The van der Waals surface area contributed by atoms with Crippen LogP contribution in [-0.2, 0) is 29.3 Å². The molecule has 0 saturated heterocycles. The fourth-order valence-corrected chi connectivity index (χ4v) is 4.20. The molecule has 13 heteroatoms. The number of amides is 1. The van der Waals surface area contributed by atoms with E-state index in [4.69, 9.17) is 0 Å². The maximum Gasteiger partial charge on any atom is 0.416 e. The van der Waals surface area contributed by atoms with Crippen LogP contribution in [0.4, 0.5) is 13.2 Å². The number of hydrogen-bond acceptors (Lipinski definition) is 6. The second-order valence-electron chi connectivity index (χ2n) is 8.92. The summed E-state index contributed by atoms with van der Waals surface area (Å²) in [6, 6.07) is 7.17. The molecular formula is C26H24F3N5O5. The third kappa shape index (κ3) is 5.19. The van der Waals surface area contributed by atoms with Crippen LogP contribution in [0.15, 0.2) is 58.5 Å². The van der Waals surface area contributed by atoms with Crippen LogP contribution >= 0.6 is 0 Å². The van der Waals surface area contributed by atoms with Crippen LogP contribution in [0.5, 0.6) is 0 Å². The lowest BCUT2D eigenvalue weighted by Crippen LogP contribution is -2.46. The molecule has 0 bridgehead atoms. The van der Waals surface area contributed by atoms with E-state index in [-0.39, 0.29) is 16.8 Å². The molecule has 4 aromatic rings. The highest BCUT2D eigenvalue weighted by molar-refractivity contribution is 5.96. The molecule has 1 amide bonds. The first kappa shape index (κ1) is 27.4. The van der Waals surface area contributed by atoms with Crippen molar-refractivity contribution in [3.8, 4) is 5.69 Å². The van der Waals surface area contributed by atoms with E-state index in [1.165, 1.54) is 26.0 Å². The van der Waals surface area contributed by atoms with Gasteiger partial charge in [0.25, 0.3) is 11.5 Å². The molecule has 1 unspecified atom stereocenters. The van der Waals surface area contributed by atoms with E-state index >= 15 is 0 Å². The SMILES string of the molecule is COC(=O)C(C)NC(=O)c1cn(-c2ccc3c(c2)ncn3C)c(=O)n(Cc2cccc(C(F)(F)F)c2C)c1=O. The first-order valence-corrected chi connectivity index (χ1v) is 11.7. The molecule has 0 aliphatic heterocycles. The number of methoxy groups -OCH3 is 1. The average Bonchev–Trinajstić information content (AvgIpc) is 3.25. The van der Waals surface area contributed by atoms with Crippen molar-refractivity contribution in [1.82, 2.24) is 24.0 Å². The molecule has 0 fully saturated rings. The standard InChI is InChI=1S/C26H24F3N5O5/c1-14-16(6-5-7-19(14)26(27,28)29)11-34-23(36)18(22(35)31-15(2)24(37)39-4)12-33(25(34)38)17-8-9-21-20(10-17)30-13-32(21)3/h5-10,12-13,15H,11H2,1-4H3,(H,31,35). The minimum absolute atomic E-state index is 0.0660. The number of benzene rings is 2. The van der Waals surface area contributed by atoms with Crippen LogP contribution in [0.3, 0.4) is 0 Å². The maximum atomic E-state index is 13.6. The Hall–Kier alpha value is -4.68. The summed E-state index contributed by atoms with van der Waals surface area (Å²) in [6.45, 7) is 2.05. The Balaban J connectivity index is 1.91. The third-order valence-electron chi connectivity index (χ3n) is 6.38. The number of halogens is 3. The topological polar surface area (TPSA) is 117 Å². The van der Waals surface area contributed by atoms with Crippen LogP contribution in [0, 0.1) is 6.92 Å². The molecule has 0 spiro atoms. The van der Waals surface area contributed by atoms with Gasteiger partial charge in [0.1, 0.15) is 11.6 Å². The van der Waals surface area contributed by atoms with Crippen LogP contribution in [0.25, 0.3) is 16.7 Å². The minimum atomic E-state index is -4.64. The number of ether oxygens (including phenoxy) is 1. The predicted molar refractivity (Wildman–Crippen MR) is 135 cm³/mol. The summed E-state index contributed by atoms with van der Waals surface area (Å²) in [4.78, 5) is 56.1.